The summed E-state index contributed by atoms with van der Waals surface area (Å²) in [6, 6.07) is 12.7. The van der Waals surface area contributed by atoms with Gasteiger partial charge in [-0.1, -0.05) is 49.1 Å². The van der Waals surface area contributed by atoms with Crippen molar-refractivity contribution in [2.45, 2.75) is 6.92 Å². The standard InChI is InChI=1S/C16H15NO2/c1-3-7-14(13-8-5-4-6-9-13)15-10-12(2)11-16(18)17(15)19/h3-11,19H,1H2,2H3/b14-7+. The smallest absolute Gasteiger partial charge is 0.283 e. The van der Waals surface area contributed by atoms with Crippen LogP contribution in [-0.4, -0.2) is 9.94 Å². The van der Waals surface area contributed by atoms with Crippen LogP contribution in [0.3, 0.4) is 0 Å². The number of hydrogen-bond acceptors (Lipinski definition) is 2. The number of hydrogen-bond donors (Lipinski definition) is 1. The lowest BCUT2D eigenvalue weighted by molar-refractivity contribution is 0.172. The van der Waals surface area contributed by atoms with Gasteiger partial charge < -0.3 is 5.21 Å². The van der Waals surface area contributed by atoms with E-state index in [1.165, 1.54) is 6.07 Å². The maximum Gasteiger partial charge on any atom is 0.283 e. The summed E-state index contributed by atoms with van der Waals surface area (Å²) >= 11 is 0. The molecular formula is C16H15NO2. The predicted octanol–water partition coefficient (Wildman–Crippen LogP) is 3.01. The predicted molar refractivity (Wildman–Crippen MR) is 76.3 cm³/mol. The summed E-state index contributed by atoms with van der Waals surface area (Å²) in [5.74, 6) is 0. The molecule has 0 saturated heterocycles. The molecule has 0 atom stereocenters. The minimum atomic E-state index is -0.444. The summed E-state index contributed by atoms with van der Waals surface area (Å²) < 4.78 is 0.662. The van der Waals surface area contributed by atoms with E-state index >= 15 is 0 Å². The Kier molecular flexibility index (Phi) is 3.66. The molecule has 0 unspecified atom stereocenters. The lowest BCUT2D eigenvalue weighted by Gasteiger charge is -2.11. The van der Waals surface area contributed by atoms with Crippen LogP contribution < -0.4 is 5.56 Å². The van der Waals surface area contributed by atoms with Gasteiger partial charge in [-0.15, -0.1) is 4.73 Å². The van der Waals surface area contributed by atoms with Gasteiger partial charge in [-0.05, 0) is 24.1 Å². The highest BCUT2D eigenvalue weighted by molar-refractivity contribution is 5.79. The van der Waals surface area contributed by atoms with Gasteiger partial charge in [0.15, 0.2) is 0 Å². The molecule has 1 aromatic carbocycles. The van der Waals surface area contributed by atoms with Gasteiger partial charge in [-0.3, -0.25) is 4.79 Å². The molecule has 1 N–H and O–H groups in total. The Bertz CT molecular complexity index is 682. The fourth-order valence-electron chi connectivity index (χ4n) is 1.95. The Hall–Kier alpha value is -2.55. The molecular weight excluding hydrogens is 238 g/mol. The van der Waals surface area contributed by atoms with E-state index in [9.17, 15) is 10.0 Å². The van der Waals surface area contributed by atoms with Crippen molar-refractivity contribution in [1.82, 2.24) is 4.73 Å². The van der Waals surface area contributed by atoms with Crippen molar-refractivity contribution in [3.05, 3.63) is 88.4 Å². The van der Waals surface area contributed by atoms with E-state index in [4.69, 9.17) is 0 Å². The van der Waals surface area contributed by atoms with Crippen LogP contribution in [0.4, 0.5) is 0 Å². The zero-order chi connectivity index (χ0) is 13.8. The summed E-state index contributed by atoms with van der Waals surface area (Å²) in [7, 11) is 0. The molecule has 3 heteroatoms. The van der Waals surface area contributed by atoms with Crippen LogP contribution in [0, 0.1) is 6.92 Å². The molecule has 0 aliphatic rings. The van der Waals surface area contributed by atoms with Crippen LogP contribution in [0.2, 0.25) is 0 Å². The first-order valence-corrected chi connectivity index (χ1v) is 5.95. The van der Waals surface area contributed by atoms with Crippen molar-refractivity contribution in [3.8, 4) is 0 Å². The van der Waals surface area contributed by atoms with E-state index in [1.54, 1.807) is 18.2 Å². The van der Waals surface area contributed by atoms with Gasteiger partial charge in [0.05, 0.1) is 5.69 Å². The van der Waals surface area contributed by atoms with Gasteiger partial charge in [-0.2, -0.15) is 0 Å². The first-order valence-electron chi connectivity index (χ1n) is 5.95. The maximum atomic E-state index is 11.7. The highest BCUT2D eigenvalue weighted by Crippen LogP contribution is 2.22. The van der Waals surface area contributed by atoms with Crippen LogP contribution in [-0.2, 0) is 0 Å². The van der Waals surface area contributed by atoms with E-state index in [0.717, 1.165) is 16.7 Å². The molecule has 0 aliphatic heterocycles. The lowest BCUT2D eigenvalue weighted by Crippen LogP contribution is -2.20. The van der Waals surface area contributed by atoms with E-state index in [0.29, 0.717) is 10.4 Å². The number of pyridine rings is 1. The van der Waals surface area contributed by atoms with Crippen molar-refractivity contribution in [2.24, 2.45) is 0 Å². The fourth-order valence-corrected chi connectivity index (χ4v) is 1.95. The molecule has 0 radical (unpaired) electrons. The van der Waals surface area contributed by atoms with Gasteiger partial charge in [0.25, 0.3) is 5.56 Å². The quantitative estimate of drug-likeness (QED) is 0.675. The normalized spacial score (nSPS) is 11.3. The topological polar surface area (TPSA) is 42.2 Å². The van der Waals surface area contributed by atoms with Crippen molar-refractivity contribution in [1.29, 1.82) is 0 Å². The maximum absolute atomic E-state index is 11.7. The van der Waals surface area contributed by atoms with Gasteiger partial charge in [-0.25, -0.2) is 0 Å². The monoisotopic (exact) mass is 253 g/mol. The number of aryl methyl sites for hydroxylation is 1. The largest absolute Gasteiger partial charge is 0.425 e. The second-order valence-corrected chi connectivity index (χ2v) is 4.25. The minimum absolute atomic E-state index is 0.444. The zero-order valence-electron chi connectivity index (χ0n) is 10.7. The zero-order valence-corrected chi connectivity index (χ0v) is 10.7. The molecule has 19 heavy (non-hydrogen) atoms. The molecule has 2 aromatic rings. The van der Waals surface area contributed by atoms with E-state index in [1.807, 2.05) is 37.3 Å². The number of allylic oxidation sites excluding steroid dienone is 2. The number of aromatic nitrogens is 1. The van der Waals surface area contributed by atoms with Crippen LogP contribution in [0.25, 0.3) is 5.57 Å². The number of nitrogens with zero attached hydrogens (tertiary/aromatic N) is 1. The molecule has 96 valence electrons. The van der Waals surface area contributed by atoms with Crippen molar-refractivity contribution in [3.63, 3.8) is 0 Å². The second-order valence-electron chi connectivity index (χ2n) is 4.25. The van der Waals surface area contributed by atoms with Crippen molar-refractivity contribution >= 4 is 5.57 Å². The van der Waals surface area contributed by atoms with Crippen LogP contribution in [0.15, 0.2) is 66.0 Å². The average molecular weight is 253 g/mol. The van der Waals surface area contributed by atoms with E-state index < -0.39 is 5.56 Å². The number of rotatable bonds is 3. The molecule has 0 saturated carbocycles. The highest BCUT2D eigenvalue weighted by atomic mass is 16.5. The first kappa shape index (κ1) is 12.9. The molecule has 0 bridgehead atoms. The van der Waals surface area contributed by atoms with Crippen molar-refractivity contribution in [2.75, 3.05) is 0 Å². The van der Waals surface area contributed by atoms with Gasteiger partial charge in [0.1, 0.15) is 0 Å². The summed E-state index contributed by atoms with van der Waals surface area (Å²) in [6.07, 6.45) is 3.41. The molecule has 1 aromatic heterocycles. The molecule has 0 fully saturated rings. The van der Waals surface area contributed by atoms with E-state index in [2.05, 4.69) is 6.58 Å². The highest BCUT2D eigenvalue weighted by Gasteiger charge is 2.10. The molecule has 3 nitrogen and oxygen atoms in total. The molecule has 0 amide bonds. The Morgan fingerprint density at radius 3 is 2.58 bits per heavy atom. The fraction of sp³-hybridized carbons (Fsp3) is 0.0625. The Morgan fingerprint density at radius 1 is 1.26 bits per heavy atom. The molecule has 2 rings (SSSR count). The first-order chi connectivity index (χ1) is 9.13. The molecule has 1 heterocycles. The molecule has 0 spiro atoms. The average Bonchev–Trinajstić information content (AvgIpc) is 2.41. The second kappa shape index (κ2) is 5.40. The Morgan fingerprint density at radius 2 is 1.95 bits per heavy atom. The molecule has 0 aliphatic carbocycles. The minimum Gasteiger partial charge on any atom is -0.425 e. The van der Waals surface area contributed by atoms with Gasteiger partial charge >= 0.3 is 0 Å². The van der Waals surface area contributed by atoms with Crippen molar-refractivity contribution < 1.29 is 5.21 Å². The lowest BCUT2D eigenvalue weighted by atomic mass is 10.0. The van der Waals surface area contributed by atoms with Crippen LogP contribution in [0.5, 0.6) is 0 Å². The van der Waals surface area contributed by atoms with E-state index in [-0.39, 0.29) is 0 Å². The SMILES string of the molecule is C=C/C=C(\c1ccccc1)c1cc(C)cc(=O)n1O. The Labute approximate surface area is 111 Å². The summed E-state index contributed by atoms with van der Waals surface area (Å²) in [5, 5.41) is 9.91. The Balaban J connectivity index is 2.69. The number of benzene rings is 1. The summed E-state index contributed by atoms with van der Waals surface area (Å²) in [6.45, 7) is 5.50. The third-order valence-corrected chi connectivity index (χ3v) is 2.80. The third kappa shape index (κ3) is 2.65. The van der Waals surface area contributed by atoms with Gasteiger partial charge in [0.2, 0.25) is 0 Å². The third-order valence-electron chi connectivity index (χ3n) is 2.80. The van der Waals surface area contributed by atoms with Gasteiger partial charge in [0, 0.05) is 11.6 Å². The van der Waals surface area contributed by atoms with Crippen LogP contribution >= 0.6 is 0 Å². The summed E-state index contributed by atoms with van der Waals surface area (Å²) in [4.78, 5) is 11.7. The van der Waals surface area contributed by atoms with Crippen LogP contribution in [0.1, 0.15) is 16.8 Å². The summed E-state index contributed by atoms with van der Waals surface area (Å²) in [5.41, 5.74) is 2.47.